The van der Waals surface area contributed by atoms with Crippen molar-refractivity contribution >= 4 is 57.2 Å². The Hall–Kier alpha value is -0.140. The lowest BCUT2D eigenvalue weighted by Crippen LogP contribution is -1.78. The van der Waals surface area contributed by atoms with Gasteiger partial charge in [0.05, 0.1) is 5.02 Å². The summed E-state index contributed by atoms with van der Waals surface area (Å²) in [6.07, 6.45) is 0. The summed E-state index contributed by atoms with van der Waals surface area (Å²) in [4.78, 5) is 0. The molecule has 2 aromatic rings. The van der Waals surface area contributed by atoms with Gasteiger partial charge < -0.3 is 0 Å². The van der Waals surface area contributed by atoms with Gasteiger partial charge in [-0.3, -0.25) is 0 Å². The first-order valence-corrected chi connectivity index (χ1v) is 5.33. The van der Waals surface area contributed by atoms with E-state index >= 15 is 0 Å². The second kappa shape index (κ2) is 3.79. The number of halogens is 4. The maximum absolute atomic E-state index is 6.01. The summed E-state index contributed by atoms with van der Waals surface area (Å²) in [6.45, 7) is 0. The van der Waals surface area contributed by atoms with Gasteiger partial charge in [-0.2, -0.15) is 0 Å². The molecule has 0 saturated heterocycles. The molecule has 0 aromatic heterocycles. The smallest absolute Gasteiger partial charge is 0.0514 e. The molecule has 0 spiro atoms. The molecule has 2 rings (SSSR count). The van der Waals surface area contributed by atoms with E-state index in [1.165, 1.54) is 0 Å². The lowest BCUT2D eigenvalue weighted by molar-refractivity contribution is 1.74. The number of hydrogen-bond donors (Lipinski definition) is 0. The van der Waals surface area contributed by atoms with Crippen molar-refractivity contribution in [3.63, 3.8) is 0 Å². The third-order valence-corrected chi connectivity index (χ3v) is 3.09. The van der Waals surface area contributed by atoms with Gasteiger partial charge in [-0.25, -0.2) is 0 Å². The molecule has 72 valence electrons. The molecule has 0 radical (unpaired) electrons. The summed E-state index contributed by atoms with van der Waals surface area (Å²) in [5.41, 5.74) is 0. The van der Waals surface area contributed by atoms with Crippen molar-refractivity contribution < 1.29 is 0 Å². The van der Waals surface area contributed by atoms with Gasteiger partial charge in [0.15, 0.2) is 0 Å². The zero-order valence-electron chi connectivity index (χ0n) is 6.82. The van der Waals surface area contributed by atoms with Gasteiger partial charge in [0, 0.05) is 25.8 Å². The van der Waals surface area contributed by atoms with Crippen molar-refractivity contribution in [1.82, 2.24) is 0 Å². The minimum Gasteiger partial charge on any atom is -0.0843 e. The highest BCUT2D eigenvalue weighted by Crippen LogP contribution is 2.36. The number of hydrogen-bond acceptors (Lipinski definition) is 0. The Kier molecular flexibility index (Phi) is 2.81. The van der Waals surface area contributed by atoms with Crippen LogP contribution in [0.3, 0.4) is 0 Å². The van der Waals surface area contributed by atoms with Gasteiger partial charge in [-0.15, -0.1) is 0 Å². The summed E-state index contributed by atoms with van der Waals surface area (Å²) in [6, 6.07) is 6.83. The first-order chi connectivity index (χ1) is 6.59. The molecule has 0 bridgehead atoms. The van der Waals surface area contributed by atoms with E-state index < -0.39 is 0 Å². The number of rotatable bonds is 0. The molecule has 0 fully saturated rings. The summed E-state index contributed by atoms with van der Waals surface area (Å²) in [5, 5.41) is 3.74. The van der Waals surface area contributed by atoms with Crippen LogP contribution in [0.15, 0.2) is 24.3 Å². The number of benzene rings is 2. The maximum atomic E-state index is 6.01. The van der Waals surface area contributed by atoms with Crippen LogP contribution in [0.25, 0.3) is 10.8 Å². The van der Waals surface area contributed by atoms with Crippen molar-refractivity contribution in [2.45, 2.75) is 0 Å². The third-order valence-electron chi connectivity index (χ3n) is 1.93. The highest BCUT2D eigenvalue weighted by Gasteiger charge is 2.08. The van der Waals surface area contributed by atoms with Gasteiger partial charge in [-0.05, 0) is 24.3 Å². The molecule has 0 amide bonds. The summed E-state index contributed by atoms with van der Waals surface area (Å²) in [5.74, 6) is 0. The molecule has 0 unspecified atom stereocenters. The van der Waals surface area contributed by atoms with E-state index in [9.17, 15) is 0 Å². The van der Waals surface area contributed by atoms with Gasteiger partial charge in [0.25, 0.3) is 0 Å². The minimum atomic E-state index is 0.514. The Morgan fingerprint density at radius 1 is 0.714 bits per heavy atom. The van der Waals surface area contributed by atoms with E-state index in [1.807, 2.05) is 0 Å². The second-order valence-corrected chi connectivity index (χ2v) is 4.50. The van der Waals surface area contributed by atoms with Crippen LogP contribution in [0.4, 0.5) is 0 Å². The lowest BCUT2D eigenvalue weighted by Gasteiger charge is -2.05. The van der Waals surface area contributed by atoms with Crippen molar-refractivity contribution in [2.75, 3.05) is 0 Å². The molecular formula is C10H4Cl4. The van der Waals surface area contributed by atoms with Gasteiger partial charge in [0.1, 0.15) is 0 Å². The van der Waals surface area contributed by atoms with E-state index in [0.29, 0.717) is 20.1 Å². The molecule has 0 aliphatic heterocycles. The van der Waals surface area contributed by atoms with Crippen LogP contribution >= 0.6 is 46.4 Å². The zero-order valence-corrected chi connectivity index (χ0v) is 9.84. The standard InChI is InChI=1S/C10H4Cl4/c11-5-3-6-7(12)1-2-8(13)10(6)9(14)4-5/h1-4H. The van der Waals surface area contributed by atoms with Gasteiger partial charge in [0.2, 0.25) is 0 Å². The fourth-order valence-electron chi connectivity index (χ4n) is 1.32. The molecule has 0 saturated carbocycles. The molecule has 0 aliphatic carbocycles. The summed E-state index contributed by atoms with van der Waals surface area (Å²) < 4.78 is 0. The van der Waals surface area contributed by atoms with E-state index in [-0.39, 0.29) is 0 Å². The average molecular weight is 266 g/mol. The first kappa shape index (κ1) is 10.4. The highest BCUT2D eigenvalue weighted by atomic mass is 35.5. The summed E-state index contributed by atoms with van der Waals surface area (Å²) >= 11 is 23.9. The fraction of sp³-hybridized carbons (Fsp3) is 0. The van der Waals surface area contributed by atoms with Crippen LogP contribution in [0.1, 0.15) is 0 Å². The predicted octanol–water partition coefficient (Wildman–Crippen LogP) is 5.45. The maximum Gasteiger partial charge on any atom is 0.0514 e. The first-order valence-electron chi connectivity index (χ1n) is 3.82. The molecule has 0 N–H and O–H groups in total. The van der Waals surface area contributed by atoms with E-state index in [1.54, 1.807) is 24.3 Å². The lowest BCUT2D eigenvalue weighted by atomic mass is 10.1. The fourth-order valence-corrected chi connectivity index (χ4v) is 2.45. The molecule has 4 heteroatoms. The SMILES string of the molecule is Clc1cc(Cl)c2c(Cl)ccc(Cl)c2c1. The van der Waals surface area contributed by atoms with Crippen LogP contribution in [0.5, 0.6) is 0 Å². The summed E-state index contributed by atoms with van der Waals surface area (Å²) in [7, 11) is 0. The van der Waals surface area contributed by atoms with Crippen molar-refractivity contribution in [3.8, 4) is 0 Å². The topological polar surface area (TPSA) is 0 Å². The molecule has 0 atom stereocenters. The Morgan fingerprint density at radius 3 is 2.07 bits per heavy atom. The zero-order chi connectivity index (χ0) is 10.3. The van der Waals surface area contributed by atoms with Crippen molar-refractivity contribution in [3.05, 3.63) is 44.4 Å². The average Bonchev–Trinajstić information content (AvgIpc) is 2.10. The monoisotopic (exact) mass is 264 g/mol. The van der Waals surface area contributed by atoms with Crippen LogP contribution in [0, 0.1) is 0 Å². The van der Waals surface area contributed by atoms with Gasteiger partial charge >= 0.3 is 0 Å². The molecule has 2 aromatic carbocycles. The largest absolute Gasteiger partial charge is 0.0843 e. The Balaban J connectivity index is 3.00. The Morgan fingerprint density at radius 2 is 1.36 bits per heavy atom. The van der Waals surface area contributed by atoms with Crippen LogP contribution in [0.2, 0.25) is 20.1 Å². The molecular weight excluding hydrogens is 262 g/mol. The molecule has 0 nitrogen and oxygen atoms in total. The molecule has 0 heterocycles. The molecule has 14 heavy (non-hydrogen) atoms. The minimum absolute atomic E-state index is 0.514. The van der Waals surface area contributed by atoms with E-state index in [2.05, 4.69) is 0 Å². The van der Waals surface area contributed by atoms with Crippen LogP contribution < -0.4 is 0 Å². The second-order valence-electron chi connectivity index (χ2n) is 2.84. The van der Waals surface area contributed by atoms with Crippen LogP contribution in [-0.4, -0.2) is 0 Å². The predicted molar refractivity (Wildman–Crippen MR) is 64.0 cm³/mol. The third kappa shape index (κ3) is 1.68. The Labute approximate surface area is 101 Å². The van der Waals surface area contributed by atoms with Crippen molar-refractivity contribution in [2.24, 2.45) is 0 Å². The van der Waals surface area contributed by atoms with Crippen molar-refractivity contribution in [1.29, 1.82) is 0 Å². The Bertz CT molecular complexity index is 505. The van der Waals surface area contributed by atoms with E-state index in [0.717, 1.165) is 10.8 Å². The van der Waals surface area contributed by atoms with Gasteiger partial charge in [-0.1, -0.05) is 46.4 Å². The number of fused-ring (bicyclic) bond motifs is 1. The van der Waals surface area contributed by atoms with E-state index in [4.69, 9.17) is 46.4 Å². The highest BCUT2D eigenvalue weighted by molar-refractivity contribution is 6.46. The quantitative estimate of drug-likeness (QED) is 0.594. The normalized spacial score (nSPS) is 10.9. The molecule has 0 aliphatic rings. The van der Waals surface area contributed by atoms with Crippen LogP contribution in [-0.2, 0) is 0 Å².